The average Bonchev–Trinajstić information content (AvgIpc) is 2.18. The molecule has 2 nitrogen and oxygen atoms in total. The molecule has 1 aromatic rings. The summed E-state index contributed by atoms with van der Waals surface area (Å²) in [7, 11) is 0. The van der Waals surface area contributed by atoms with Crippen molar-refractivity contribution in [1.82, 2.24) is 0 Å². The number of nitrogens with one attached hydrogen (secondary N) is 1. The lowest BCUT2D eigenvalue weighted by Gasteiger charge is -2.19. The van der Waals surface area contributed by atoms with Gasteiger partial charge in [-0.15, -0.1) is 0 Å². The first-order valence-corrected chi connectivity index (χ1v) is 5.24. The molecule has 1 aromatic carbocycles. The van der Waals surface area contributed by atoms with E-state index in [0.29, 0.717) is 5.92 Å². The SMILES string of the molecule is CC(C)c1ccc(NC(C)(C)C#N)cc1. The Labute approximate surface area is 91.9 Å². The van der Waals surface area contributed by atoms with Crippen LogP contribution in [0.4, 0.5) is 5.69 Å². The van der Waals surface area contributed by atoms with Gasteiger partial charge in [-0.2, -0.15) is 5.26 Å². The summed E-state index contributed by atoms with van der Waals surface area (Å²) in [5, 5.41) is 12.1. The highest BCUT2D eigenvalue weighted by Crippen LogP contribution is 2.19. The molecule has 0 radical (unpaired) electrons. The Morgan fingerprint density at radius 1 is 1.20 bits per heavy atom. The number of hydrogen-bond donors (Lipinski definition) is 1. The van der Waals surface area contributed by atoms with E-state index in [9.17, 15) is 0 Å². The predicted molar refractivity (Wildman–Crippen MR) is 63.8 cm³/mol. The molecule has 0 aliphatic carbocycles. The second-order valence-electron chi connectivity index (χ2n) is 4.64. The number of nitriles is 1. The lowest BCUT2D eigenvalue weighted by molar-refractivity contribution is 0.728. The van der Waals surface area contributed by atoms with E-state index >= 15 is 0 Å². The minimum absolute atomic E-state index is 0.515. The summed E-state index contributed by atoms with van der Waals surface area (Å²) in [6, 6.07) is 10.5. The molecule has 80 valence electrons. The lowest BCUT2D eigenvalue weighted by Crippen LogP contribution is -2.28. The topological polar surface area (TPSA) is 35.8 Å². The van der Waals surface area contributed by atoms with Crippen molar-refractivity contribution in [2.24, 2.45) is 0 Å². The summed E-state index contributed by atoms with van der Waals surface area (Å²) in [6.45, 7) is 8.07. The zero-order chi connectivity index (χ0) is 11.5. The van der Waals surface area contributed by atoms with Crippen LogP contribution in [-0.2, 0) is 0 Å². The van der Waals surface area contributed by atoms with Crippen molar-refractivity contribution < 1.29 is 0 Å². The largest absolute Gasteiger partial charge is 0.368 e. The molecule has 0 saturated heterocycles. The maximum Gasteiger partial charge on any atom is 0.119 e. The van der Waals surface area contributed by atoms with Crippen LogP contribution >= 0.6 is 0 Å². The molecule has 1 N–H and O–H groups in total. The molecule has 2 heteroatoms. The Bertz CT molecular complexity index is 355. The van der Waals surface area contributed by atoms with Gasteiger partial charge in [0.2, 0.25) is 0 Å². The highest BCUT2D eigenvalue weighted by Gasteiger charge is 2.15. The van der Waals surface area contributed by atoms with Gasteiger partial charge in [-0.3, -0.25) is 0 Å². The summed E-state index contributed by atoms with van der Waals surface area (Å²) in [5.74, 6) is 0.544. The van der Waals surface area contributed by atoms with E-state index in [0.717, 1.165) is 5.69 Å². The molecule has 0 spiro atoms. The Morgan fingerprint density at radius 2 is 1.73 bits per heavy atom. The third kappa shape index (κ3) is 3.28. The maximum absolute atomic E-state index is 8.89. The molecule has 0 heterocycles. The van der Waals surface area contributed by atoms with Crippen LogP contribution in [0, 0.1) is 11.3 Å². The summed E-state index contributed by atoms with van der Waals surface area (Å²) in [5.41, 5.74) is 1.79. The molecule has 0 aliphatic heterocycles. The van der Waals surface area contributed by atoms with Crippen molar-refractivity contribution in [3.8, 4) is 6.07 Å². The first-order valence-electron chi connectivity index (χ1n) is 5.24. The maximum atomic E-state index is 8.89. The summed E-state index contributed by atoms with van der Waals surface area (Å²) >= 11 is 0. The number of nitrogens with zero attached hydrogens (tertiary/aromatic N) is 1. The van der Waals surface area contributed by atoms with Crippen molar-refractivity contribution in [2.45, 2.75) is 39.2 Å². The third-order valence-electron chi connectivity index (χ3n) is 2.31. The van der Waals surface area contributed by atoms with Gasteiger partial charge in [-0.05, 0) is 37.5 Å². The molecule has 15 heavy (non-hydrogen) atoms. The Morgan fingerprint density at radius 3 is 2.13 bits per heavy atom. The molecule has 1 rings (SSSR count). The number of hydrogen-bond acceptors (Lipinski definition) is 2. The molecule has 0 aliphatic rings. The van der Waals surface area contributed by atoms with Crippen molar-refractivity contribution in [2.75, 3.05) is 5.32 Å². The second-order valence-corrected chi connectivity index (χ2v) is 4.64. The summed E-state index contributed by atoms with van der Waals surface area (Å²) in [4.78, 5) is 0. The zero-order valence-electron chi connectivity index (χ0n) is 9.83. The van der Waals surface area contributed by atoms with Crippen LogP contribution in [0.25, 0.3) is 0 Å². The summed E-state index contributed by atoms with van der Waals surface area (Å²) in [6.07, 6.45) is 0. The van der Waals surface area contributed by atoms with Crippen molar-refractivity contribution in [3.05, 3.63) is 29.8 Å². The fourth-order valence-corrected chi connectivity index (χ4v) is 1.34. The van der Waals surface area contributed by atoms with E-state index in [1.165, 1.54) is 5.56 Å². The van der Waals surface area contributed by atoms with Crippen LogP contribution in [0.5, 0.6) is 0 Å². The van der Waals surface area contributed by atoms with Crippen molar-refractivity contribution in [3.63, 3.8) is 0 Å². The number of benzene rings is 1. The first-order chi connectivity index (χ1) is 6.94. The minimum Gasteiger partial charge on any atom is -0.368 e. The van der Waals surface area contributed by atoms with Crippen LogP contribution in [-0.4, -0.2) is 5.54 Å². The Balaban J connectivity index is 2.78. The normalized spacial score (nSPS) is 11.2. The average molecular weight is 202 g/mol. The highest BCUT2D eigenvalue weighted by molar-refractivity contribution is 5.48. The van der Waals surface area contributed by atoms with Gasteiger partial charge in [0.1, 0.15) is 5.54 Å². The van der Waals surface area contributed by atoms with Gasteiger partial charge in [0.15, 0.2) is 0 Å². The lowest BCUT2D eigenvalue weighted by atomic mass is 10.0. The van der Waals surface area contributed by atoms with E-state index in [1.807, 2.05) is 26.0 Å². The van der Waals surface area contributed by atoms with Crippen LogP contribution in [0.1, 0.15) is 39.2 Å². The van der Waals surface area contributed by atoms with E-state index in [1.54, 1.807) is 0 Å². The van der Waals surface area contributed by atoms with Gasteiger partial charge in [0, 0.05) is 5.69 Å². The van der Waals surface area contributed by atoms with E-state index in [4.69, 9.17) is 5.26 Å². The molecule has 0 saturated carbocycles. The number of rotatable bonds is 3. The quantitative estimate of drug-likeness (QED) is 0.814. The van der Waals surface area contributed by atoms with Crippen molar-refractivity contribution >= 4 is 5.69 Å². The molecular formula is C13H18N2. The fourth-order valence-electron chi connectivity index (χ4n) is 1.34. The molecule has 0 atom stereocenters. The highest BCUT2D eigenvalue weighted by atomic mass is 15.0. The van der Waals surface area contributed by atoms with E-state index in [2.05, 4.69) is 37.4 Å². The zero-order valence-corrected chi connectivity index (χ0v) is 9.83. The smallest absolute Gasteiger partial charge is 0.119 e. The Kier molecular flexibility index (Phi) is 3.36. The van der Waals surface area contributed by atoms with Gasteiger partial charge in [0.25, 0.3) is 0 Å². The molecule has 0 fully saturated rings. The predicted octanol–water partition coefficient (Wildman–Crippen LogP) is 3.52. The first kappa shape index (κ1) is 11.6. The van der Waals surface area contributed by atoms with E-state index < -0.39 is 5.54 Å². The number of anilines is 1. The standard InChI is InChI=1S/C13H18N2/c1-10(2)11-5-7-12(8-6-11)15-13(3,4)9-14/h5-8,10,15H,1-4H3. The van der Waals surface area contributed by atoms with Gasteiger partial charge in [-0.25, -0.2) is 0 Å². The van der Waals surface area contributed by atoms with Gasteiger partial charge in [0.05, 0.1) is 6.07 Å². The molecule has 0 bridgehead atoms. The van der Waals surface area contributed by atoms with Crippen LogP contribution in [0.3, 0.4) is 0 Å². The monoisotopic (exact) mass is 202 g/mol. The van der Waals surface area contributed by atoms with Gasteiger partial charge >= 0.3 is 0 Å². The molecule has 0 amide bonds. The molecule has 0 aromatic heterocycles. The Hall–Kier alpha value is -1.49. The second kappa shape index (κ2) is 4.35. The van der Waals surface area contributed by atoms with E-state index in [-0.39, 0.29) is 0 Å². The fraction of sp³-hybridized carbons (Fsp3) is 0.462. The summed E-state index contributed by atoms with van der Waals surface area (Å²) < 4.78 is 0. The molecular weight excluding hydrogens is 184 g/mol. The minimum atomic E-state index is -0.515. The van der Waals surface area contributed by atoms with Gasteiger partial charge < -0.3 is 5.32 Å². The molecule has 0 unspecified atom stereocenters. The van der Waals surface area contributed by atoms with Crippen molar-refractivity contribution in [1.29, 1.82) is 5.26 Å². The van der Waals surface area contributed by atoms with Gasteiger partial charge in [-0.1, -0.05) is 26.0 Å². The van der Waals surface area contributed by atoms with Crippen LogP contribution in [0.15, 0.2) is 24.3 Å². The third-order valence-corrected chi connectivity index (χ3v) is 2.31. The van der Waals surface area contributed by atoms with Crippen LogP contribution in [0.2, 0.25) is 0 Å². The van der Waals surface area contributed by atoms with Crippen LogP contribution < -0.4 is 5.32 Å².